The van der Waals surface area contributed by atoms with Crippen molar-refractivity contribution >= 4 is 11.8 Å². The Hall–Kier alpha value is -1.42. The molecule has 0 aromatic carbocycles. The molecule has 0 bridgehead atoms. The zero-order chi connectivity index (χ0) is 19.7. The highest BCUT2D eigenvalue weighted by atomic mass is 16.5. The fourth-order valence-corrected chi connectivity index (χ4v) is 4.91. The summed E-state index contributed by atoms with van der Waals surface area (Å²) in [5, 5.41) is 11.3. The standard InChI is InChI=1S/C22H34O4/c1-14(2)20(26-16(4)23)10-12-22(6,25)18-9-11-21(5)13-19(24)15(3)7-8-17(18)21/h7,17-18,20,25H,1,8-13H2,2-6H3/t17-,18-,20-,21+,22-/m0/s1. The number of carbonyl (C=O) groups is 2. The Morgan fingerprint density at radius 3 is 2.73 bits per heavy atom. The van der Waals surface area contributed by atoms with Gasteiger partial charge in [-0.25, -0.2) is 0 Å². The van der Waals surface area contributed by atoms with Crippen LogP contribution in [0.2, 0.25) is 0 Å². The molecule has 0 spiro atoms. The van der Waals surface area contributed by atoms with E-state index in [4.69, 9.17) is 4.74 Å². The first-order valence-corrected chi connectivity index (χ1v) is 9.71. The number of hydrogen-bond acceptors (Lipinski definition) is 4. The van der Waals surface area contributed by atoms with Gasteiger partial charge in [0.1, 0.15) is 6.10 Å². The number of Topliss-reactive ketones (excluding diaryl/α,β-unsaturated/α-hetero) is 1. The van der Waals surface area contributed by atoms with Crippen molar-refractivity contribution in [2.24, 2.45) is 17.3 Å². The van der Waals surface area contributed by atoms with Gasteiger partial charge in [-0.15, -0.1) is 0 Å². The highest BCUT2D eigenvalue weighted by Gasteiger charge is 2.52. The molecule has 4 nitrogen and oxygen atoms in total. The van der Waals surface area contributed by atoms with Crippen molar-refractivity contribution in [3.63, 3.8) is 0 Å². The minimum absolute atomic E-state index is 0.0381. The van der Waals surface area contributed by atoms with Crippen LogP contribution >= 0.6 is 0 Å². The van der Waals surface area contributed by atoms with E-state index in [0.717, 1.165) is 30.4 Å². The molecule has 0 aliphatic heterocycles. The first-order chi connectivity index (χ1) is 12.0. The monoisotopic (exact) mass is 362 g/mol. The molecule has 2 aliphatic carbocycles. The Morgan fingerprint density at radius 2 is 2.15 bits per heavy atom. The predicted octanol–water partition coefficient (Wildman–Crippen LogP) is 4.37. The number of hydrogen-bond donors (Lipinski definition) is 1. The van der Waals surface area contributed by atoms with Gasteiger partial charge in [-0.3, -0.25) is 9.59 Å². The molecule has 1 fully saturated rings. The molecule has 0 unspecified atom stereocenters. The van der Waals surface area contributed by atoms with E-state index >= 15 is 0 Å². The van der Waals surface area contributed by atoms with Crippen molar-refractivity contribution in [1.29, 1.82) is 0 Å². The van der Waals surface area contributed by atoms with Gasteiger partial charge in [-0.1, -0.05) is 19.6 Å². The van der Waals surface area contributed by atoms with Gasteiger partial charge >= 0.3 is 5.97 Å². The molecule has 2 rings (SSSR count). The lowest BCUT2D eigenvalue weighted by molar-refractivity contribution is -0.145. The highest BCUT2D eigenvalue weighted by molar-refractivity contribution is 5.95. The van der Waals surface area contributed by atoms with Gasteiger partial charge in [0.2, 0.25) is 0 Å². The van der Waals surface area contributed by atoms with E-state index in [9.17, 15) is 14.7 Å². The summed E-state index contributed by atoms with van der Waals surface area (Å²) in [5.41, 5.74) is 0.761. The number of fused-ring (bicyclic) bond motifs is 1. The maximum atomic E-state index is 12.3. The molecule has 1 N–H and O–H groups in total. The number of aliphatic hydroxyl groups is 1. The second-order valence-corrected chi connectivity index (χ2v) is 8.97. The largest absolute Gasteiger partial charge is 0.458 e. The van der Waals surface area contributed by atoms with Gasteiger partial charge in [0, 0.05) is 13.3 Å². The lowest BCUT2D eigenvalue weighted by Gasteiger charge is -2.39. The van der Waals surface area contributed by atoms with Gasteiger partial charge in [-0.05, 0) is 81.3 Å². The summed E-state index contributed by atoms with van der Waals surface area (Å²) < 4.78 is 5.34. The number of esters is 1. The number of ether oxygens (including phenoxy) is 1. The van der Waals surface area contributed by atoms with Crippen LogP contribution in [-0.2, 0) is 14.3 Å². The molecule has 2 aliphatic rings. The number of carbonyl (C=O) groups excluding carboxylic acids is 2. The number of rotatable bonds is 6. The van der Waals surface area contributed by atoms with E-state index in [0.29, 0.717) is 25.2 Å². The first-order valence-electron chi connectivity index (χ1n) is 9.71. The Morgan fingerprint density at radius 1 is 1.50 bits per heavy atom. The minimum atomic E-state index is -0.856. The fraction of sp³-hybridized carbons (Fsp3) is 0.727. The van der Waals surface area contributed by atoms with Gasteiger partial charge in [0.15, 0.2) is 5.78 Å². The average molecular weight is 363 g/mol. The summed E-state index contributed by atoms with van der Waals surface area (Å²) in [6.07, 6.45) is 6.14. The molecule has 0 heterocycles. The molecule has 0 aromatic heterocycles. The third-order valence-electron chi connectivity index (χ3n) is 6.66. The van der Waals surface area contributed by atoms with Crippen molar-refractivity contribution in [1.82, 2.24) is 0 Å². The number of allylic oxidation sites excluding steroid dienone is 2. The maximum absolute atomic E-state index is 12.3. The quantitative estimate of drug-likeness (QED) is 0.563. The van der Waals surface area contributed by atoms with Gasteiger partial charge in [-0.2, -0.15) is 0 Å². The SMILES string of the molecule is C=C(C)[C@H](CC[C@](C)(O)[C@H]1CC[C@]2(C)CC(=O)C(C)=CC[C@@H]12)OC(C)=O. The lowest BCUT2D eigenvalue weighted by Crippen LogP contribution is -2.40. The van der Waals surface area contributed by atoms with Crippen LogP contribution in [-0.4, -0.2) is 28.6 Å². The zero-order valence-electron chi connectivity index (χ0n) is 16.9. The number of ketones is 1. The Bertz CT molecular complexity index is 616. The summed E-state index contributed by atoms with van der Waals surface area (Å²) in [5.74, 6) is 0.364. The molecule has 146 valence electrons. The highest BCUT2D eigenvalue weighted by Crippen LogP contribution is 2.56. The van der Waals surface area contributed by atoms with E-state index in [-0.39, 0.29) is 29.2 Å². The second kappa shape index (κ2) is 7.67. The van der Waals surface area contributed by atoms with Crippen molar-refractivity contribution in [3.05, 3.63) is 23.8 Å². The molecular formula is C22H34O4. The lowest BCUT2D eigenvalue weighted by atomic mass is 9.68. The molecule has 5 atom stereocenters. The molecule has 4 heteroatoms. The first kappa shape index (κ1) is 20.9. The zero-order valence-corrected chi connectivity index (χ0v) is 16.9. The smallest absolute Gasteiger partial charge is 0.303 e. The Kier molecular flexibility index (Phi) is 6.17. The van der Waals surface area contributed by atoms with Crippen molar-refractivity contribution in [2.45, 2.75) is 84.8 Å². The average Bonchev–Trinajstić information content (AvgIpc) is 2.80. The molecule has 0 saturated heterocycles. The van der Waals surface area contributed by atoms with Gasteiger partial charge in [0.05, 0.1) is 5.60 Å². The van der Waals surface area contributed by atoms with E-state index in [1.807, 2.05) is 20.8 Å². The third-order valence-corrected chi connectivity index (χ3v) is 6.66. The van der Waals surface area contributed by atoms with Crippen molar-refractivity contribution in [3.8, 4) is 0 Å². The van der Waals surface area contributed by atoms with Crippen LogP contribution < -0.4 is 0 Å². The van der Waals surface area contributed by atoms with Crippen LogP contribution in [0.4, 0.5) is 0 Å². The van der Waals surface area contributed by atoms with E-state index in [1.54, 1.807) is 0 Å². The summed E-state index contributed by atoms with van der Waals surface area (Å²) in [7, 11) is 0. The Labute approximate surface area is 157 Å². The van der Waals surface area contributed by atoms with Gasteiger partial charge < -0.3 is 9.84 Å². The summed E-state index contributed by atoms with van der Waals surface area (Å²) in [4.78, 5) is 23.6. The molecule has 26 heavy (non-hydrogen) atoms. The van der Waals surface area contributed by atoms with Crippen LogP contribution in [0.5, 0.6) is 0 Å². The second-order valence-electron chi connectivity index (χ2n) is 8.97. The molecular weight excluding hydrogens is 328 g/mol. The van der Waals surface area contributed by atoms with Crippen LogP contribution in [0, 0.1) is 17.3 Å². The van der Waals surface area contributed by atoms with Crippen LogP contribution in [0.25, 0.3) is 0 Å². The van der Waals surface area contributed by atoms with Crippen LogP contribution in [0.1, 0.15) is 73.1 Å². The van der Waals surface area contributed by atoms with Crippen LogP contribution in [0.3, 0.4) is 0 Å². The van der Waals surface area contributed by atoms with E-state index < -0.39 is 5.60 Å². The molecule has 1 saturated carbocycles. The van der Waals surface area contributed by atoms with E-state index in [1.165, 1.54) is 6.92 Å². The molecule has 0 aromatic rings. The normalized spacial score (nSPS) is 32.1. The maximum Gasteiger partial charge on any atom is 0.303 e. The van der Waals surface area contributed by atoms with E-state index in [2.05, 4.69) is 19.6 Å². The summed E-state index contributed by atoms with van der Waals surface area (Å²) >= 11 is 0. The summed E-state index contributed by atoms with van der Waals surface area (Å²) in [6.45, 7) is 13.2. The fourth-order valence-electron chi connectivity index (χ4n) is 4.91. The van der Waals surface area contributed by atoms with Gasteiger partial charge in [0.25, 0.3) is 0 Å². The molecule has 0 radical (unpaired) electrons. The third kappa shape index (κ3) is 4.46. The molecule has 0 amide bonds. The topological polar surface area (TPSA) is 63.6 Å². The van der Waals surface area contributed by atoms with Crippen molar-refractivity contribution < 1.29 is 19.4 Å². The Balaban J connectivity index is 2.12. The van der Waals surface area contributed by atoms with Crippen molar-refractivity contribution in [2.75, 3.05) is 0 Å². The van der Waals surface area contributed by atoms with Crippen LogP contribution in [0.15, 0.2) is 23.8 Å². The predicted molar refractivity (Wildman–Crippen MR) is 103 cm³/mol. The minimum Gasteiger partial charge on any atom is -0.458 e. The summed E-state index contributed by atoms with van der Waals surface area (Å²) in [6, 6.07) is 0.